The Bertz CT molecular complexity index is 1520. The Hall–Kier alpha value is -4.17. The Morgan fingerprint density at radius 1 is 0.923 bits per heavy atom. The maximum Gasteiger partial charge on any atom is 0.343 e. The molecule has 2 saturated heterocycles. The summed E-state index contributed by atoms with van der Waals surface area (Å²) >= 11 is 0. The van der Waals surface area contributed by atoms with Crippen molar-refractivity contribution >= 4 is 22.6 Å². The van der Waals surface area contributed by atoms with Crippen LogP contribution in [0.3, 0.4) is 0 Å². The molecule has 4 aromatic rings. The van der Waals surface area contributed by atoms with Crippen molar-refractivity contribution in [2.24, 2.45) is 0 Å². The van der Waals surface area contributed by atoms with Gasteiger partial charge in [0.05, 0.1) is 35.3 Å². The van der Waals surface area contributed by atoms with E-state index in [2.05, 4.69) is 41.2 Å². The Morgan fingerprint density at radius 3 is 2.08 bits per heavy atom. The van der Waals surface area contributed by atoms with E-state index in [1.165, 1.54) is 6.07 Å². The zero-order valence-corrected chi connectivity index (χ0v) is 22.1. The first-order valence-corrected chi connectivity index (χ1v) is 13.4. The monoisotopic (exact) mass is 526 g/mol. The summed E-state index contributed by atoms with van der Waals surface area (Å²) in [6.45, 7) is 4.85. The number of aromatic nitrogens is 1. The maximum absolute atomic E-state index is 15.6. The summed E-state index contributed by atoms with van der Waals surface area (Å²) in [6.07, 6.45) is 1.56. The van der Waals surface area contributed by atoms with Crippen molar-refractivity contribution < 1.29 is 13.9 Å². The number of hydrogen-bond donors (Lipinski definition) is 0. The fourth-order valence-corrected chi connectivity index (χ4v) is 5.61. The number of nitrogens with zero attached hydrogens (tertiary/aromatic N) is 4. The van der Waals surface area contributed by atoms with Gasteiger partial charge in [0, 0.05) is 32.4 Å². The third-order valence-electron chi connectivity index (χ3n) is 7.70. The lowest BCUT2D eigenvalue weighted by molar-refractivity contribution is 0.0524. The third kappa shape index (κ3) is 4.55. The normalized spacial score (nSPS) is 19.4. The predicted molar refractivity (Wildman–Crippen MR) is 150 cm³/mol. The van der Waals surface area contributed by atoms with Crippen LogP contribution in [-0.4, -0.2) is 55.4 Å². The zero-order chi connectivity index (χ0) is 27.1. The highest BCUT2D eigenvalue weighted by Gasteiger charge is 2.50. The average Bonchev–Trinajstić information content (AvgIpc) is 3.70. The summed E-state index contributed by atoms with van der Waals surface area (Å²) in [4.78, 5) is 30.6. The van der Waals surface area contributed by atoms with E-state index in [0.29, 0.717) is 24.3 Å². The number of rotatable bonds is 6. The first-order chi connectivity index (χ1) is 19.0. The molecule has 0 N–H and O–H groups in total. The average molecular weight is 527 g/mol. The van der Waals surface area contributed by atoms with Gasteiger partial charge in [-0.25, -0.2) is 9.18 Å². The maximum atomic E-state index is 15.6. The molecule has 2 unspecified atom stereocenters. The van der Waals surface area contributed by atoms with Crippen LogP contribution in [-0.2, 0) is 4.74 Å². The van der Waals surface area contributed by atoms with Crippen LogP contribution >= 0.6 is 0 Å². The molecule has 0 spiro atoms. The van der Waals surface area contributed by atoms with E-state index in [4.69, 9.17) is 4.74 Å². The molecule has 3 heterocycles. The Morgan fingerprint density at radius 2 is 1.51 bits per heavy atom. The molecule has 0 amide bonds. The fraction of sp³-hybridized carbons (Fsp3) is 0.290. The van der Waals surface area contributed by atoms with E-state index in [1.807, 2.05) is 46.0 Å². The van der Waals surface area contributed by atoms with Gasteiger partial charge in [0.1, 0.15) is 11.4 Å². The van der Waals surface area contributed by atoms with Crippen LogP contribution in [0.5, 0.6) is 0 Å². The van der Waals surface area contributed by atoms with Crippen LogP contribution < -0.4 is 15.3 Å². The van der Waals surface area contributed by atoms with Crippen molar-refractivity contribution in [2.45, 2.75) is 19.0 Å². The number of esters is 1. The number of piperazine rings is 1. The van der Waals surface area contributed by atoms with Gasteiger partial charge in [0.2, 0.25) is 5.43 Å². The van der Waals surface area contributed by atoms with Crippen molar-refractivity contribution in [3.05, 3.63) is 112 Å². The molecule has 6 rings (SSSR count). The smallest absolute Gasteiger partial charge is 0.343 e. The van der Waals surface area contributed by atoms with Crippen LogP contribution in [0.1, 0.15) is 40.5 Å². The van der Waals surface area contributed by atoms with E-state index in [0.717, 1.165) is 24.2 Å². The lowest BCUT2D eigenvalue weighted by atomic mass is 10.0. The lowest BCUT2D eigenvalue weighted by Gasteiger charge is -2.34. The second-order valence-corrected chi connectivity index (χ2v) is 10.1. The standard InChI is InChI=1S/C31H31FN4O3/c1-3-39-31(38)24-20-35(36-28(21-10-6-4-7-11-21)29(36)22-12-8-5-9-13-22)26-19-27(25(32)18-23(26)30(24)37)34-16-14-33(2)15-17-34/h4-13,18-20,28-29H,3,14-17H2,1-2H3. The van der Waals surface area contributed by atoms with Gasteiger partial charge in [-0.05, 0) is 37.2 Å². The molecule has 200 valence electrons. The number of ether oxygens (including phenoxy) is 1. The molecule has 0 saturated carbocycles. The molecular formula is C31H31FN4O3. The van der Waals surface area contributed by atoms with E-state index < -0.39 is 17.2 Å². The van der Waals surface area contributed by atoms with Crippen LogP contribution in [0, 0.1) is 5.82 Å². The minimum Gasteiger partial charge on any atom is -0.462 e. The van der Waals surface area contributed by atoms with Gasteiger partial charge in [-0.2, -0.15) is 0 Å². The van der Waals surface area contributed by atoms with Gasteiger partial charge in [-0.1, -0.05) is 60.7 Å². The second-order valence-electron chi connectivity index (χ2n) is 10.1. The summed E-state index contributed by atoms with van der Waals surface area (Å²) in [5.74, 6) is -1.18. The molecule has 8 heteroatoms. The highest BCUT2D eigenvalue weighted by Crippen LogP contribution is 2.53. The second kappa shape index (κ2) is 10.2. The molecule has 0 bridgehead atoms. The SMILES string of the molecule is CCOC(=O)c1cn(N2C(c3ccccc3)C2c2ccccc2)c2cc(N3CCN(C)CC3)c(F)cc2c1=O. The van der Waals surface area contributed by atoms with E-state index in [9.17, 15) is 9.59 Å². The fourth-order valence-electron chi connectivity index (χ4n) is 5.61. The van der Waals surface area contributed by atoms with E-state index in [-0.39, 0.29) is 29.6 Å². The molecule has 0 radical (unpaired) electrons. The van der Waals surface area contributed by atoms with Crippen molar-refractivity contribution in [3.8, 4) is 0 Å². The number of halogens is 1. The summed E-state index contributed by atoms with van der Waals surface area (Å²) in [7, 11) is 2.05. The van der Waals surface area contributed by atoms with Crippen molar-refractivity contribution in [3.63, 3.8) is 0 Å². The topological polar surface area (TPSA) is 57.8 Å². The van der Waals surface area contributed by atoms with Crippen molar-refractivity contribution in [1.29, 1.82) is 0 Å². The summed E-state index contributed by atoms with van der Waals surface area (Å²) in [5.41, 5.74) is 2.60. The number of pyridine rings is 1. The number of carbonyl (C=O) groups excluding carboxylic acids is 1. The number of anilines is 1. The van der Waals surface area contributed by atoms with Gasteiger partial charge < -0.3 is 14.5 Å². The molecule has 2 fully saturated rings. The number of carbonyl (C=O) groups is 1. The molecule has 2 aliphatic heterocycles. The lowest BCUT2D eigenvalue weighted by Crippen LogP contribution is -2.44. The van der Waals surface area contributed by atoms with Crippen LogP contribution in [0.2, 0.25) is 0 Å². The molecule has 7 nitrogen and oxygen atoms in total. The molecule has 1 aromatic heterocycles. The highest BCUT2D eigenvalue weighted by atomic mass is 19.1. The number of hydrogen-bond acceptors (Lipinski definition) is 6. The zero-order valence-electron chi connectivity index (χ0n) is 22.1. The number of fused-ring (bicyclic) bond motifs is 1. The van der Waals surface area contributed by atoms with Crippen LogP contribution in [0.4, 0.5) is 10.1 Å². The molecule has 0 aliphatic carbocycles. The first-order valence-electron chi connectivity index (χ1n) is 13.4. The third-order valence-corrected chi connectivity index (χ3v) is 7.70. The van der Waals surface area contributed by atoms with Gasteiger partial charge in [0.25, 0.3) is 0 Å². The van der Waals surface area contributed by atoms with Gasteiger partial charge in [0.15, 0.2) is 0 Å². The molecule has 2 aliphatic rings. The summed E-state index contributed by atoms with van der Waals surface area (Å²) in [5, 5.41) is 2.29. The Balaban J connectivity index is 1.56. The quantitative estimate of drug-likeness (QED) is 0.272. The largest absolute Gasteiger partial charge is 0.462 e. The van der Waals surface area contributed by atoms with Gasteiger partial charge in [-0.3, -0.25) is 14.5 Å². The predicted octanol–water partition coefficient (Wildman–Crippen LogP) is 4.50. The molecule has 39 heavy (non-hydrogen) atoms. The molecule has 2 atom stereocenters. The van der Waals surface area contributed by atoms with Crippen LogP contribution in [0.25, 0.3) is 10.9 Å². The summed E-state index contributed by atoms with van der Waals surface area (Å²) < 4.78 is 22.6. The minimum atomic E-state index is -0.712. The number of likely N-dealkylation sites (N-methyl/N-ethyl adjacent to an activating group) is 1. The minimum absolute atomic E-state index is 0.0357. The van der Waals surface area contributed by atoms with E-state index in [1.54, 1.807) is 19.2 Å². The first kappa shape index (κ1) is 25.1. The van der Waals surface area contributed by atoms with Crippen LogP contribution in [0.15, 0.2) is 83.8 Å². The Labute approximate surface area is 226 Å². The van der Waals surface area contributed by atoms with E-state index >= 15 is 4.39 Å². The number of benzene rings is 3. The highest BCUT2D eigenvalue weighted by molar-refractivity contribution is 5.95. The Kier molecular flexibility index (Phi) is 6.56. The van der Waals surface area contributed by atoms with Gasteiger partial charge in [-0.15, -0.1) is 0 Å². The molecule has 3 aromatic carbocycles. The van der Waals surface area contributed by atoms with Crippen molar-refractivity contribution in [2.75, 3.05) is 49.7 Å². The van der Waals surface area contributed by atoms with Gasteiger partial charge >= 0.3 is 5.97 Å². The summed E-state index contributed by atoms with van der Waals surface area (Å²) in [6, 6.07) is 23.2. The molecular weight excluding hydrogens is 495 g/mol. The van der Waals surface area contributed by atoms with Crippen molar-refractivity contribution in [1.82, 2.24) is 9.58 Å².